The summed E-state index contributed by atoms with van der Waals surface area (Å²) in [5.41, 5.74) is 3.42. The standard InChI is InChI=1S/C20H24N2O2S/c1-21-9-6-15(12-19(21)23)14-7-10-22(11-8-14)20(24)17-13-25-18-5-3-2-4-16(17)18/h6,9,12-14H,2-5,7-8,10-11H2,1H3. The largest absolute Gasteiger partial charge is 0.339 e. The molecule has 0 spiro atoms. The molecular formula is C20H24N2O2S. The van der Waals surface area contributed by atoms with E-state index in [2.05, 4.69) is 5.38 Å². The molecule has 1 aliphatic heterocycles. The normalized spacial score (nSPS) is 18.2. The molecule has 0 radical (unpaired) electrons. The van der Waals surface area contributed by atoms with Crippen molar-refractivity contribution in [1.82, 2.24) is 9.47 Å². The minimum atomic E-state index is 0.0425. The summed E-state index contributed by atoms with van der Waals surface area (Å²) in [6.45, 7) is 1.56. The number of pyridine rings is 1. The second-order valence-electron chi connectivity index (χ2n) is 7.23. The molecule has 1 aliphatic carbocycles. The molecule has 4 rings (SSSR count). The van der Waals surface area contributed by atoms with Gasteiger partial charge in [-0.05, 0) is 61.6 Å². The lowest BCUT2D eigenvalue weighted by atomic mass is 9.89. The fourth-order valence-electron chi connectivity index (χ4n) is 4.08. The molecule has 0 aromatic carbocycles. The molecule has 132 valence electrons. The maximum Gasteiger partial charge on any atom is 0.254 e. The van der Waals surface area contributed by atoms with E-state index in [1.165, 1.54) is 23.3 Å². The lowest BCUT2D eigenvalue weighted by Gasteiger charge is -2.32. The second kappa shape index (κ2) is 6.79. The molecule has 3 heterocycles. The van der Waals surface area contributed by atoms with E-state index in [0.717, 1.165) is 49.9 Å². The van der Waals surface area contributed by atoms with Crippen LogP contribution in [0.15, 0.2) is 28.5 Å². The van der Waals surface area contributed by atoms with Gasteiger partial charge in [-0.3, -0.25) is 9.59 Å². The number of fused-ring (bicyclic) bond motifs is 1. The van der Waals surface area contributed by atoms with Gasteiger partial charge in [0.2, 0.25) is 0 Å². The number of hydrogen-bond donors (Lipinski definition) is 0. The van der Waals surface area contributed by atoms with Gasteiger partial charge in [0.05, 0.1) is 5.56 Å². The van der Waals surface area contributed by atoms with Crippen molar-refractivity contribution >= 4 is 17.2 Å². The average Bonchev–Trinajstić information content (AvgIpc) is 3.08. The molecule has 1 saturated heterocycles. The van der Waals surface area contributed by atoms with Crippen LogP contribution in [0.2, 0.25) is 0 Å². The zero-order valence-electron chi connectivity index (χ0n) is 14.7. The predicted molar refractivity (Wildman–Crippen MR) is 101 cm³/mol. The van der Waals surface area contributed by atoms with Crippen LogP contribution in [0.1, 0.15) is 58.0 Å². The smallest absolute Gasteiger partial charge is 0.254 e. The molecular weight excluding hydrogens is 332 g/mol. The molecule has 4 nitrogen and oxygen atoms in total. The van der Waals surface area contributed by atoms with Crippen molar-refractivity contribution in [2.24, 2.45) is 7.05 Å². The minimum Gasteiger partial charge on any atom is -0.339 e. The maximum absolute atomic E-state index is 13.0. The summed E-state index contributed by atoms with van der Waals surface area (Å²) in [5.74, 6) is 0.594. The van der Waals surface area contributed by atoms with E-state index in [0.29, 0.717) is 5.92 Å². The highest BCUT2D eigenvalue weighted by Crippen LogP contribution is 2.33. The van der Waals surface area contributed by atoms with Gasteiger partial charge in [0, 0.05) is 42.7 Å². The molecule has 1 fully saturated rings. The van der Waals surface area contributed by atoms with Gasteiger partial charge in [-0.25, -0.2) is 0 Å². The highest BCUT2D eigenvalue weighted by atomic mass is 32.1. The Bertz CT molecular complexity index is 844. The van der Waals surface area contributed by atoms with Crippen LogP contribution in [-0.4, -0.2) is 28.5 Å². The third kappa shape index (κ3) is 3.17. The maximum atomic E-state index is 13.0. The van der Waals surface area contributed by atoms with Gasteiger partial charge < -0.3 is 9.47 Å². The molecule has 0 atom stereocenters. The lowest BCUT2D eigenvalue weighted by Crippen LogP contribution is -2.38. The fraction of sp³-hybridized carbons (Fsp3) is 0.500. The first-order chi connectivity index (χ1) is 12.1. The lowest BCUT2D eigenvalue weighted by molar-refractivity contribution is 0.0712. The molecule has 5 heteroatoms. The third-order valence-corrected chi connectivity index (χ3v) is 6.76. The number of carbonyl (C=O) groups is 1. The summed E-state index contributed by atoms with van der Waals surface area (Å²) in [7, 11) is 1.77. The van der Waals surface area contributed by atoms with Crippen molar-refractivity contribution in [2.75, 3.05) is 13.1 Å². The number of amides is 1. The fourth-order valence-corrected chi connectivity index (χ4v) is 5.20. The van der Waals surface area contributed by atoms with Crippen LogP contribution in [0.25, 0.3) is 0 Å². The summed E-state index contributed by atoms with van der Waals surface area (Å²) < 4.78 is 1.60. The number of carbonyl (C=O) groups excluding carboxylic acids is 1. The van der Waals surface area contributed by atoms with Crippen molar-refractivity contribution in [2.45, 2.75) is 44.4 Å². The first-order valence-corrected chi connectivity index (χ1v) is 10.1. The van der Waals surface area contributed by atoms with E-state index in [-0.39, 0.29) is 11.5 Å². The van der Waals surface area contributed by atoms with Crippen molar-refractivity contribution < 1.29 is 4.79 Å². The van der Waals surface area contributed by atoms with Crippen LogP contribution < -0.4 is 5.56 Å². The zero-order valence-corrected chi connectivity index (χ0v) is 15.5. The number of likely N-dealkylation sites (tertiary alicyclic amines) is 1. The Kier molecular flexibility index (Phi) is 4.50. The molecule has 0 N–H and O–H groups in total. The van der Waals surface area contributed by atoms with Gasteiger partial charge in [-0.2, -0.15) is 0 Å². The van der Waals surface area contributed by atoms with Crippen LogP contribution >= 0.6 is 11.3 Å². The molecule has 0 unspecified atom stereocenters. The first-order valence-electron chi connectivity index (χ1n) is 9.18. The van der Waals surface area contributed by atoms with E-state index in [1.807, 2.05) is 17.2 Å². The quantitative estimate of drug-likeness (QED) is 0.828. The van der Waals surface area contributed by atoms with Crippen LogP contribution in [0.5, 0.6) is 0 Å². The number of thiophene rings is 1. The topological polar surface area (TPSA) is 42.3 Å². The summed E-state index contributed by atoms with van der Waals surface area (Å²) in [6.07, 6.45) is 8.36. The Morgan fingerprint density at radius 1 is 1.20 bits per heavy atom. The van der Waals surface area contributed by atoms with Gasteiger partial charge in [0.1, 0.15) is 0 Å². The van der Waals surface area contributed by atoms with Gasteiger partial charge in [-0.15, -0.1) is 11.3 Å². The van der Waals surface area contributed by atoms with Crippen molar-refractivity contribution in [1.29, 1.82) is 0 Å². The summed E-state index contributed by atoms with van der Waals surface area (Å²) in [4.78, 5) is 28.2. The average molecular weight is 356 g/mol. The van der Waals surface area contributed by atoms with Crippen molar-refractivity contribution in [3.8, 4) is 0 Å². The van der Waals surface area contributed by atoms with Crippen LogP contribution in [0, 0.1) is 0 Å². The number of nitrogens with zero attached hydrogens (tertiary/aromatic N) is 2. The second-order valence-corrected chi connectivity index (χ2v) is 8.20. The van der Waals surface area contributed by atoms with E-state index in [4.69, 9.17) is 0 Å². The Hall–Kier alpha value is -1.88. The van der Waals surface area contributed by atoms with E-state index < -0.39 is 0 Å². The molecule has 0 bridgehead atoms. The van der Waals surface area contributed by atoms with Gasteiger partial charge >= 0.3 is 0 Å². The summed E-state index contributed by atoms with van der Waals surface area (Å²) in [6, 6.07) is 3.79. The third-order valence-electron chi connectivity index (χ3n) is 5.67. The highest BCUT2D eigenvalue weighted by molar-refractivity contribution is 7.10. The van der Waals surface area contributed by atoms with Crippen LogP contribution in [0.4, 0.5) is 0 Å². The Labute approximate surface area is 152 Å². The van der Waals surface area contributed by atoms with Gasteiger partial charge in [0.25, 0.3) is 11.5 Å². The summed E-state index contributed by atoms with van der Waals surface area (Å²) in [5, 5.41) is 2.07. The number of piperidine rings is 1. The number of aromatic nitrogens is 1. The SMILES string of the molecule is Cn1ccc(C2CCN(C(=O)c3csc4c3CCCC4)CC2)cc1=O. The van der Waals surface area contributed by atoms with E-state index >= 15 is 0 Å². The number of aryl methyl sites for hydroxylation is 2. The van der Waals surface area contributed by atoms with Crippen molar-refractivity contribution in [3.05, 3.63) is 55.6 Å². The Morgan fingerprint density at radius 3 is 2.72 bits per heavy atom. The summed E-state index contributed by atoms with van der Waals surface area (Å²) >= 11 is 1.76. The number of rotatable bonds is 2. The molecule has 2 aliphatic rings. The predicted octanol–water partition coefficient (Wildman–Crippen LogP) is 3.35. The zero-order chi connectivity index (χ0) is 17.4. The van der Waals surface area contributed by atoms with Crippen LogP contribution in [-0.2, 0) is 19.9 Å². The highest BCUT2D eigenvalue weighted by Gasteiger charge is 2.28. The Balaban J connectivity index is 1.45. The molecule has 2 aromatic rings. The van der Waals surface area contributed by atoms with E-state index in [9.17, 15) is 9.59 Å². The minimum absolute atomic E-state index is 0.0425. The molecule has 0 saturated carbocycles. The van der Waals surface area contributed by atoms with Gasteiger partial charge in [-0.1, -0.05) is 0 Å². The monoisotopic (exact) mass is 356 g/mol. The first kappa shape index (κ1) is 16.6. The van der Waals surface area contributed by atoms with Crippen molar-refractivity contribution in [3.63, 3.8) is 0 Å². The number of hydrogen-bond acceptors (Lipinski definition) is 3. The molecule has 25 heavy (non-hydrogen) atoms. The Morgan fingerprint density at radius 2 is 1.96 bits per heavy atom. The molecule has 1 amide bonds. The van der Waals surface area contributed by atoms with E-state index in [1.54, 1.807) is 29.0 Å². The van der Waals surface area contributed by atoms with Crippen LogP contribution in [0.3, 0.4) is 0 Å². The van der Waals surface area contributed by atoms with Gasteiger partial charge in [0.15, 0.2) is 0 Å². The molecule has 2 aromatic heterocycles.